The first-order valence-corrected chi connectivity index (χ1v) is 13.6. The molecule has 0 radical (unpaired) electrons. The molecule has 4 rings (SSSR count). The average Bonchev–Trinajstić information content (AvgIpc) is 2.97. The van der Waals surface area contributed by atoms with E-state index in [1.165, 1.54) is 0 Å². The van der Waals surface area contributed by atoms with Crippen molar-refractivity contribution < 1.29 is 9.59 Å². The molecule has 6 nitrogen and oxygen atoms in total. The number of Topliss-reactive ketones (excluding diaryl/α,β-unsaturated/α-hetero) is 2. The Morgan fingerprint density at radius 2 is 0.825 bits per heavy atom. The summed E-state index contributed by atoms with van der Waals surface area (Å²) in [5.74, 6) is 0.181. The van der Waals surface area contributed by atoms with Gasteiger partial charge in [0.1, 0.15) is 0 Å². The molecule has 40 heavy (non-hydrogen) atoms. The van der Waals surface area contributed by atoms with Crippen molar-refractivity contribution in [3.63, 3.8) is 0 Å². The maximum Gasteiger partial charge on any atom is 0.192 e. The first-order valence-electron chi connectivity index (χ1n) is 13.6. The second-order valence-corrected chi connectivity index (χ2v) is 11.1. The van der Waals surface area contributed by atoms with Crippen molar-refractivity contribution >= 4 is 11.6 Å². The van der Waals surface area contributed by atoms with E-state index in [2.05, 4.69) is 88.1 Å². The molecule has 0 bridgehead atoms. The number of rotatable bonds is 8. The van der Waals surface area contributed by atoms with E-state index in [9.17, 15) is 9.59 Å². The number of likely N-dealkylation sites (N-methyl/N-ethyl adjacent to an activating group) is 4. The Morgan fingerprint density at radius 1 is 0.525 bits per heavy atom. The summed E-state index contributed by atoms with van der Waals surface area (Å²) in [5, 5.41) is 0. The molecule has 0 unspecified atom stereocenters. The lowest BCUT2D eigenvalue weighted by atomic mass is 9.91. The number of hydrogen-bond donors (Lipinski definition) is 0. The first-order chi connectivity index (χ1) is 18.9. The average molecular weight is 541 g/mol. The number of carbonyl (C=O) groups is 2. The molecule has 0 aliphatic heterocycles. The summed E-state index contributed by atoms with van der Waals surface area (Å²) in [6, 6.07) is 18.8. The van der Waals surface area contributed by atoms with E-state index in [1.807, 2.05) is 85.0 Å². The number of ketones is 2. The lowest BCUT2D eigenvalue weighted by Crippen LogP contribution is -2.54. The van der Waals surface area contributed by atoms with Gasteiger partial charge in [0.2, 0.25) is 0 Å². The summed E-state index contributed by atoms with van der Waals surface area (Å²) in [6.07, 6.45) is 13.8. The number of hydrogen-bond acceptors (Lipinski definition) is 6. The molecule has 212 valence electrons. The highest BCUT2D eigenvalue weighted by molar-refractivity contribution is 6.11. The van der Waals surface area contributed by atoms with E-state index >= 15 is 0 Å². The van der Waals surface area contributed by atoms with Crippen LogP contribution in [0.5, 0.6) is 0 Å². The molecule has 0 heterocycles. The van der Waals surface area contributed by atoms with Crippen LogP contribution in [0.25, 0.3) is 0 Å². The number of allylic oxidation sites excluding steroid dienone is 4. The Hall–Kier alpha value is -3.42. The minimum absolute atomic E-state index is 0.0907. The smallest absolute Gasteiger partial charge is 0.192 e. The fraction of sp³-hybridized carbons (Fsp3) is 0.353. The van der Waals surface area contributed by atoms with E-state index < -0.39 is 0 Å². The lowest BCUT2D eigenvalue weighted by molar-refractivity contribution is 0.0515. The summed E-state index contributed by atoms with van der Waals surface area (Å²) >= 11 is 0. The van der Waals surface area contributed by atoms with Gasteiger partial charge in [-0.1, -0.05) is 85.0 Å². The first kappa shape index (κ1) is 31.1. The highest BCUT2D eigenvalue weighted by Crippen LogP contribution is 2.30. The molecule has 2 aliphatic rings. The van der Waals surface area contributed by atoms with Gasteiger partial charge < -0.3 is 0 Å². The summed E-state index contributed by atoms with van der Waals surface area (Å²) in [4.78, 5) is 33.5. The Balaban J connectivity index is 0.000000220. The second kappa shape index (κ2) is 13.3. The maximum atomic E-state index is 12.4. The molecule has 2 aliphatic carbocycles. The monoisotopic (exact) mass is 540 g/mol. The van der Waals surface area contributed by atoms with E-state index in [1.54, 1.807) is 0 Å². The van der Waals surface area contributed by atoms with Gasteiger partial charge in [-0.05, 0) is 68.5 Å². The lowest BCUT2D eigenvalue weighted by Gasteiger charge is -2.44. The zero-order valence-corrected chi connectivity index (χ0v) is 25.3. The van der Waals surface area contributed by atoms with E-state index in [4.69, 9.17) is 0 Å². The highest BCUT2D eigenvalue weighted by atomic mass is 16.1. The van der Waals surface area contributed by atoms with Crippen molar-refractivity contribution in [3.8, 4) is 0 Å². The Kier molecular flexibility index (Phi) is 10.3. The van der Waals surface area contributed by atoms with Crippen LogP contribution in [0.1, 0.15) is 33.6 Å². The van der Waals surface area contributed by atoms with Crippen LogP contribution in [0, 0.1) is 0 Å². The van der Waals surface area contributed by atoms with Gasteiger partial charge in [-0.3, -0.25) is 29.2 Å². The van der Waals surface area contributed by atoms with Crippen molar-refractivity contribution in [2.75, 3.05) is 56.4 Å². The predicted octanol–water partition coefficient (Wildman–Crippen LogP) is 5.15. The van der Waals surface area contributed by atoms with Crippen molar-refractivity contribution in [3.05, 3.63) is 119 Å². The van der Waals surface area contributed by atoms with Gasteiger partial charge in [-0.25, -0.2) is 0 Å². The molecule has 0 atom stereocenters. The quantitative estimate of drug-likeness (QED) is 0.341. The highest BCUT2D eigenvalue weighted by Gasteiger charge is 2.35. The largest absolute Gasteiger partial charge is 0.289 e. The van der Waals surface area contributed by atoms with Gasteiger partial charge in [-0.2, -0.15) is 0 Å². The fourth-order valence-corrected chi connectivity index (χ4v) is 5.21. The molecule has 6 heteroatoms. The van der Waals surface area contributed by atoms with E-state index in [-0.39, 0.29) is 22.9 Å². The van der Waals surface area contributed by atoms with Gasteiger partial charge in [0.25, 0.3) is 0 Å². The summed E-state index contributed by atoms with van der Waals surface area (Å²) in [6.45, 7) is 0. The van der Waals surface area contributed by atoms with Crippen LogP contribution in [0.4, 0.5) is 0 Å². The molecule has 0 fully saturated rings. The molecule has 0 saturated heterocycles. The number of benzene rings is 2. The van der Waals surface area contributed by atoms with Gasteiger partial charge in [0, 0.05) is 35.1 Å². The van der Waals surface area contributed by atoms with Crippen LogP contribution in [0.2, 0.25) is 0 Å². The topological polar surface area (TPSA) is 47.1 Å². The SMILES string of the molecule is CN(C)C1(N(C)C)C=CC(C(=O)c2ccccc2)=CC1.CN(C)C1(N(C)C)C=CC(C(=O)c2ccccc2)=CC1. The molecule has 0 saturated carbocycles. The molecular weight excluding hydrogens is 496 g/mol. The van der Waals surface area contributed by atoms with Crippen molar-refractivity contribution in [2.24, 2.45) is 0 Å². The van der Waals surface area contributed by atoms with Crippen molar-refractivity contribution in [2.45, 2.75) is 24.2 Å². The van der Waals surface area contributed by atoms with Crippen LogP contribution < -0.4 is 0 Å². The zero-order valence-electron chi connectivity index (χ0n) is 25.3. The Bertz CT molecular complexity index is 1170. The molecule has 0 N–H and O–H groups in total. The number of carbonyl (C=O) groups excluding carboxylic acids is 2. The summed E-state index contributed by atoms with van der Waals surface area (Å²) in [5.41, 5.74) is 2.73. The van der Waals surface area contributed by atoms with Crippen LogP contribution >= 0.6 is 0 Å². The van der Waals surface area contributed by atoms with Gasteiger partial charge in [0.05, 0.1) is 11.3 Å². The molecule has 2 aromatic rings. The van der Waals surface area contributed by atoms with E-state index in [0.29, 0.717) is 0 Å². The van der Waals surface area contributed by atoms with Gasteiger partial charge in [-0.15, -0.1) is 0 Å². The molecule has 2 aromatic carbocycles. The minimum Gasteiger partial charge on any atom is -0.289 e. The minimum atomic E-state index is -0.152. The third-order valence-electron chi connectivity index (χ3n) is 8.00. The van der Waals surface area contributed by atoms with Crippen LogP contribution in [0.15, 0.2) is 108 Å². The molecule has 0 aromatic heterocycles. The Morgan fingerprint density at radius 3 is 1.05 bits per heavy atom. The standard InChI is InChI=1S/2C17H22N2O/c2*1-18(2)17(19(3)4)12-10-15(11-13-17)16(20)14-8-6-5-7-9-14/h2*5-12H,13H2,1-4H3. The van der Waals surface area contributed by atoms with E-state index in [0.717, 1.165) is 35.1 Å². The van der Waals surface area contributed by atoms with Gasteiger partial charge in [0.15, 0.2) is 11.6 Å². The van der Waals surface area contributed by atoms with Gasteiger partial charge >= 0.3 is 0 Å². The Labute approximate surface area is 240 Å². The van der Waals surface area contributed by atoms with Crippen LogP contribution in [-0.2, 0) is 0 Å². The predicted molar refractivity (Wildman–Crippen MR) is 165 cm³/mol. The van der Waals surface area contributed by atoms with Crippen LogP contribution in [-0.4, -0.2) is 98.9 Å². The number of nitrogens with zero attached hydrogens (tertiary/aromatic N) is 4. The fourth-order valence-electron chi connectivity index (χ4n) is 5.21. The van der Waals surface area contributed by atoms with Crippen molar-refractivity contribution in [1.82, 2.24) is 19.6 Å². The zero-order chi connectivity index (χ0) is 29.5. The molecule has 0 amide bonds. The summed E-state index contributed by atoms with van der Waals surface area (Å²) in [7, 11) is 16.5. The third kappa shape index (κ3) is 6.65. The normalized spacial score (nSPS) is 17.4. The maximum absolute atomic E-state index is 12.4. The molecular formula is C34H44N4O2. The third-order valence-corrected chi connectivity index (χ3v) is 8.00. The molecule has 0 spiro atoms. The summed E-state index contributed by atoms with van der Waals surface area (Å²) < 4.78 is 0. The second-order valence-electron chi connectivity index (χ2n) is 11.1. The van der Waals surface area contributed by atoms with Crippen LogP contribution in [0.3, 0.4) is 0 Å². The van der Waals surface area contributed by atoms with Crippen molar-refractivity contribution in [1.29, 1.82) is 0 Å².